The summed E-state index contributed by atoms with van der Waals surface area (Å²) in [6.45, 7) is 4.93. The van der Waals surface area contributed by atoms with Gasteiger partial charge in [0.1, 0.15) is 5.75 Å². The zero-order chi connectivity index (χ0) is 14.8. The largest absolute Gasteiger partial charge is 0.494 e. The first-order valence-electron chi connectivity index (χ1n) is 7.69. The van der Waals surface area contributed by atoms with Gasteiger partial charge in [-0.05, 0) is 37.0 Å². The Labute approximate surface area is 125 Å². The van der Waals surface area contributed by atoms with E-state index in [9.17, 15) is 0 Å². The molecule has 4 nitrogen and oxygen atoms in total. The number of aromatic nitrogens is 1. The zero-order valence-corrected chi connectivity index (χ0v) is 12.6. The molecule has 0 saturated heterocycles. The highest BCUT2D eigenvalue weighted by Crippen LogP contribution is 2.44. The Morgan fingerprint density at radius 2 is 2.05 bits per heavy atom. The molecule has 1 aromatic heterocycles. The van der Waals surface area contributed by atoms with Crippen molar-refractivity contribution < 1.29 is 9.26 Å². The van der Waals surface area contributed by atoms with E-state index in [4.69, 9.17) is 15.0 Å². The minimum Gasteiger partial charge on any atom is -0.494 e. The molecule has 4 heteroatoms. The van der Waals surface area contributed by atoms with Gasteiger partial charge < -0.3 is 15.0 Å². The van der Waals surface area contributed by atoms with E-state index in [0.29, 0.717) is 24.3 Å². The fraction of sp³-hybridized carbons (Fsp3) is 0.471. The van der Waals surface area contributed by atoms with Crippen molar-refractivity contribution in [3.05, 3.63) is 30.0 Å². The summed E-state index contributed by atoms with van der Waals surface area (Å²) in [7, 11) is 0. The van der Waals surface area contributed by atoms with Gasteiger partial charge in [-0.3, -0.25) is 0 Å². The Bertz CT molecular complexity index is 604. The van der Waals surface area contributed by atoms with Crippen LogP contribution < -0.4 is 10.5 Å². The van der Waals surface area contributed by atoms with E-state index in [1.165, 1.54) is 12.8 Å². The van der Waals surface area contributed by atoms with Crippen LogP contribution in [0.1, 0.15) is 44.7 Å². The number of benzene rings is 1. The van der Waals surface area contributed by atoms with Crippen molar-refractivity contribution in [3.8, 4) is 16.9 Å². The van der Waals surface area contributed by atoms with Crippen molar-refractivity contribution in [2.75, 3.05) is 12.3 Å². The molecule has 2 N–H and O–H groups in total. The quantitative estimate of drug-likeness (QED) is 0.913. The van der Waals surface area contributed by atoms with Crippen molar-refractivity contribution >= 4 is 5.88 Å². The average Bonchev–Trinajstić information content (AvgIpc) is 3.06. The van der Waals surface area contributed by atoms with Gasteiger partial charge in [-0.15, -0.1) is 0 Å². The van der Waals surface area contributed by atoms with Gasteiger partial charge in [0.15, 0.2) is 0 Å². The summed E-state index contributed by atoms with van der Waals surface area (Å²) in [4.78, 5) is 0. The lowest BCUT2D eigenvalue weighted by atomic mass is 9.90. The molecule has 3 rings (SSSR count). The van der Waals surface area contributed by atoms with E-state index in [1.54, 1.807) is 0 Å². The second-order valence-corrected chi connectivity index (χ2v) is 5.78. The first kappa shape index (κ1) is 14.0. The van der Waals surface area contributed by atoms with E-state index < -0.39 is 0 Å². The standard InChI is InChI=1S/C17H22N2O2/c1-3-20-13-9-7-12(8-10-13)15-16(19-21-17(15)18)14-6-4-5-11(14)2/h7-11,14H,3-6,18H2,1-2H3. The van der Waals surface area contributed by atoms with Crippen LogP contribution in [0.4, 0.5) is 5.88 Å². The lowest BCUT2D eigenvalue weighted by Gasteiger charge is -2.14. The molecule has 0 radical (unpaired) electrons. The van der Waals surface area contributed by atoms with Crippen LogP contribution in [0.2, 0.25) is 0 Å². The number of hydrogen-bond acceptors (Lipinski definition) is 4. The van der Waals surface area contributed by atoms with E-state index in [0.717, 1.165) is 29.0 Å². The zero-order valence-electron chi connectivity index (χ0n) is 12.6. The molecule has 21 heavy (non-hydrogen) atoms. The van der Waals surface area contributed by atoms with Crippen molar-refractivity contribution in [3.63, 3.8) is 0 Å². The molecule has 1 saturated carbocycles. The molecular weight excluding hydrogens is 264 g/mol. The molecule has 0 bridgehead atoms. The normalized spacial score (nSPS) is 21.6. The average molecular weight is 286 g/mol. The van der Waals surface area contributed by atoms with Gasteiger partial charge in [0.05, 0.1) is 17.9 Å². The van der Waals surface area contributed by atoms with Gasteiger partial charge in [0.2, 0.25) is 5.88 Å². The third-order valence-corrected chi connectivity index (χ3v) is 4.41. The topological polar surface area (TPSA) is 61.3 Å². The fourth-order valence-corrected chi connectivity index (χ4v) is 3.30. The molecule has 0 amide bonds. The van der Waals surface area contributed by atoms with Gasteiger partial charge in [-0.2, -0.15) is 0 Å². The second kappa shape index (κ2) is 5.80. The van der Waals surface area contributed by atoms with Crippen LogP contribution in [0.5, 0.6) is 5.75 Å². The highest BCUT2D eigenvalue weighted by Gasteiger charge is 2.31. The van der Waals surface area contributed by atoms with E-state index >= 15 is 0 Å². The third-order valence-electron chi connectivity index (χ3n) is 4.41. The summed E-state index contributed by atoms with van der Waals surface area (Å²) >= 11 is 0. The molecule has 1 heterocycles. The molecule has 112 valence electrons. The molecule has 2 atom stereocenters. The van der Waals surface area contributed by atoms with Crippen LogP contribution in [0.3, 0.4) is 0 Å². The maximum atomic E-state index is 6.02. The maximum absolute atomic E-state index is 6.02. The van der Waals surface area contributed by atoms with Crippen molar-refractivity contribution in [2.45, 2.75) is 39.0 Å². The van der Waals surface area contributed by atoms with Crippen LogP contribution in [-0.4, -0.2) is 11.8 Å². The molecular formula is C17H22N2O2. The minimum absolute atomic E-state index is 0.410. The third kappa shape index (κ3) is 2.62. The Morgan fingerprint density at radius 3 is 2.67 bits per heavy atom. The van der Waals surface area contributed by atoms with Crippen LogP contribution in [-0.2, 0) is 0 Å². The number of ether oxygens (including phenoxy) is 1. The molecule has 1 aliphatic carbocycles. The molecule has 1 aromatic carbocycles. The second-order valence-electron chi connectivity index (χ2n) is 5.78. The van der Waals surface area contributed by atoms with Crippen LogP contribution in [0, 0.1) is 5.92 Å². The van der Waals surface area contributed by atoms with E-state index in [-0.39, 0.29) is 0 Å². The number of nitrogens with two attached hydrogens (primary N) is 1. The molecule has 2 aromatic rings. The van der Waals surface area contributed by atoms with Crippen molar-refractivity contribution in [2.24, 2.45) is 5.92 Å². The fourth-order valence-electron chi connectivity index (χ4n) is 3.30. The summed E-state index contributed by atoms with van der Waals surface area (Å²) in [6.07, 6.45) is 3.67. The predicted octanol–water partition coefficient (Wildman–Crippen LogP) is 4.23. The Kier molecular flexibility index (Phi) is 3.86. The number of rotatable bonds is 4. The van der Waals surface area contributed by atoms with Crippen LogP contribution in [0.15, 0.2) is 28.8 Å². The monoisotopic (exact) mass is 286 g/mol. The highest BCUT2D eigenvalue weighted by molar-refractivity contribution is 5.76. The lowest BCUT2D eigenvalue weighted by molar-refractivity contribution is 0.340. The van der Waals surface area contributed by atoms with Gasteiger partial charge >= 0.3 is 0 Å². The van der Waals surface area contributed by atoms with Crippen LogP contribution in [0.25, 0.3) is 11.1 Å². The number of nitrogens with zero attached hydrogens (tertiary/aromatic N) is 1. The number of hydrogen-bond donors (Lipinski definition) is 1. The van der Waals surface area contributed by atoms with Gasteiger partial charge in [0, 0.05) is 5.92 Å². The molecule has 0 spiro atoms. The molecule has 1 fully saturated rings. The van der Waals surface area contributed by atoms with Gasteiger partial charge in [0.25, 0.3) is 0 Å². The highest BCUT2D eigenvalue weighted by atomic mass is 16.5. The van der Waals surface area contributed by atoms with Crippen LogP contribution >= 0.6 is 0 Å². The summed E-state index contributed by atoms with van der Waals surface area (Å²) < 4.78 is 10.8. The summed E-state index contributed by atoms with van der Waals surface area (Å²) in [5.41, 5.74) is 9.04. The Hall–Kier alpha value is -1.97. The Balaban J connectivity index is 1.96. The van der Waals surface area contributed by atoms with Crippen molar-refractivity contribution in [1.29, 1.82) is 0 Å². The Morgan fingerprint density at radius 1 is 1.29 bits per heavy atom. The lowest BCUT2D eigenvalue weighted by Crippen LogP contribution is -2.04. The molecule has 0 aliphatic heterocycles. The predicted molar refractivity (Wildman–Crippen MR) is 83.3 cm³/mol. The first-order valence-corrected chi connectivity index (χ1v) is 7.69. The molecule has 1 aliphatic rings. The minimum atomic E-state index is 0.410. The summed E-state index contributed by atoms with van der Waals surface area (Å²) in [6, 6.07) is 7.98. The van der Waals surface area contributed by atoms with Gasteiger partial charge in [-0.1, -0.05) is 37.1 Å². The van der Waals surface area contributed by atoms with E-state index in [1.807, 2.05) is 31.2 Å². The van der Waals surface area contributed by atoms with Gasteiger partial charge in [-0.25, -0.2) is 0 Å². The smallest absolute Gasteiger partial charge is 0.230 e. The SMILES string of the molecule is CCOc1ccc(-c2c(C3CCCC3C)noc2N)cc1. The summed E-state index contributed by atoms with van der Waals surface area (Å²) in [5.74, 6) is 2.36. The summed E-state index contributed by atoms with van der Waals surface area (Å²) in [5, 5.41) is 4.25. The number of nitrogen functional groups attached to an aromatic ring is 1. The maximum Gasteiger partial charge on any atom is 0.230 e. The van der Waals surface area contributed by atoms with E-state index in [2.05, 4.69) is 12.1 Å². The molecule has 2 unspecified atom stereocenters. The first-order chi connectivity index (χ1) is 10.2. The van der Waals surface area contributed by atoms with Crippen molar-refractivity contribution in [1.82, 2.24) is 5.16 Å². The number of anilines is 1.